The number of para-hydroxylation sites is 1. The first kappa shape index (κ1) is 17.5. The van der Waals surface area contributed by atoms with Gasteiger partial charge in [-0.3, -0.25) is 9.36 Å². The predicted molar refractivity (Wildman–Crippen MR) is 111 cm³/mol. The number of benzene rings is 2. The Morgan fingerprint density at radius 3 is 2.67 bits per heavy atom. The number of aromatic nitrogens is 2. The second kappa shape index (κ2) is 7.37. The van der Waals surface area contributed by atoms with Gasteiger partial charge < -0.3 is 4.74 Å². The molecule has 0 saturated heterocycles. The Hall–Kier alpha value is -2.92. The molecule has 0 aliphatic heterocycles. The van der Waals surface area contributed by atoms with Crippen molar-refractivity contribution in [3.8, 4) is 16.9 Å². The minimum absolute atomic E-state index is 0.0221. The van der Waals surface area contributed by atoms with Crippen molar-refractivity contribution >= 4 is 21.6 Å². The summed E-state index contributed by atoms with van der Waals surface area (Å²) < 4.78 is 7.34. The molecule has 2 aromatic heterocycles. The van der Waals surface area contributed by atoms with E-state index in [1.165, 1.54) is 22.5 Å². The molecule has 4 rings (SSSR count). The van der Waals surface area contributed by atoms with Crippen LogP contribution in [0, 0.1) is 13.8 Å². The van der Waals surface area contributed by atoms with E-state index in [1.54, 1.807) is 10.9 Å². The Bertz CT molecular complexity index is 1150. The van der Waals surface area contributed by atoms with Crippen molar-refractivity contribution in [1.29, 1.82) is 0 Å². The molecule has 4 nitrogen and oxygen atoms in total. The van der Waals surface area contributed by atoms with Crippen molar-refractivity contribution in [1.82, 2.24) is 9.55 Å². The average Bonchev–Trinajstić information content (AvgIpc) is 3.12. The molecule has 0 saturated carbocycles. The largest absolute Gasteiger partial charge is 0.492 e. The number of aryl methyl sites for hydroxylation is 2. The van der Waals surface area contributed by atoms with E-state index < -0.39 is 0 Å². The Labute approximate surface area is 161 Å². The Kier molecular flexibility index (Phi) is 4.77. The molecular weight excluding hydrogens is 356 g/mol. The summed E-state index contributed by atoms with van der Waals surface area (Å²) in [6.45, 7) is 5.05. The van der Waals surface area contributed by atoms with Crippen LogP contribution in [0.2, 0.25) is 0 Å². The van der Waals surface area contributed by atoms with Gasteiger partial charge in [0.2, 0.25) is 0 Å². The van der Waals surface area contributed by atoms with Crippen molar-refractivity contribution in [3.05, 3.63) is 81.7 Å². The maximum absolute atomic E-state index is 13.1. The van der Waals surface area contributed by atoms with Gasteiger partial charge in [0.25, 0.3) is 5.56 Å². The highest BCUT2D eigenvalue weighted by molar-refractivity contribution is 7.17. The fraction of sp³-hybridized carbons (Fsp3) is 0.182. The summed E-state index contributed by atoms with van der Waals surface area (Å²) in [5.41, 5.74) is 4.45. The van der Waals surface area contributed by atoms with Gasteiger partial charge in [-0.15, -0.1) is 11.3 Å². The highest BCUT2D eigenvalue weighted by Gasteiger charge is 2.13. The van der Waals surface area contributed by atoms with Crippen molar-refractivity contribution in [2.75, 3.05) is 6.61 Å². The van der Waals surface area contributed by atoms with Gasteiger partial charge >= 0.3 is 0 Å². The normalized spacial score (nSPS) is 11.0. The lowest BCUT2D eigenvalue weighted by Crippen LogP contribution is -2.23. The zero-order valence-corrected chi connectivity index (χ0v) is 16.1. The number of hydrogen-bond acceptors (Lipinski definition) is 4. The molecule has 0 spiro atoms. The number of hydrogen-bond donors (Lipinski definition) is 0. The van der Waals surface area contributed by atoms with Crippen LogP contribution in [-0.2, 0) is 6.54 Å². The van der Waals surface area contributed by atoms with Crippen molar-refractivity contribution < 1.29 is 4.74 Å². The third kappa shape index (κ3) is 3.51. The highest BCUT2D eigenvalue weighted by Crippen LogP contribution is 2.31. The first-order chi connectivity index (χ1) is 13.1. The van der Waals surface area contributed by atoms with Crippen LogP contribution in [0.15, 0.2) is 65.0 Å². The summed E-state index contributed by atoms with van der Waals surface area (Å²) in [5.74, 6) is 0.797. The van der Waals surface area contributed by atoms with Crippen LogP contribution in [0.3, 0.4) is 0 Å². The van der Waals surface area contributed by atoms with Gasteiger partial charge in [0.15, 0.2) is 0 Å². The zero-order chi connectivity index (χ0) is 18.8. The molecule has 0 aliphatic carbocycles. The van der Waals surface area contributed by atoms with Crippen LogP contribution in [0.25, 0.3) is 21.3 Å². The molecule has 0 amide bonds. The number of fused-ring (bicyclic) bond motifs is 1. The van der Waals surface area contributed by atoms with Gasteiger partial charge in [-0.05, 0) is 42.7 Å². The van der Waals surface area contributed by atoms with E-state index in [-0.39, 0.29) is 5.56 Å². The van der Waals surface area contributed by atoms with E-state index in [0.29, 0.717) is 18.5 Å². The molecule has 2 heterocycles. The highest BCUT2D eigenvalue weighted by atomic mass is 32.1. The summed E-state index contributed by atoms with van der Waals surface area (Å²) in [6.07, 6.45) is 1.61. The van der Waals surface area contributed by atoms with E-state index in [9.17, 15) is 4.79 Å². The number of rotatable bonds is 5. The molecule has 2 aromatic carbocycles. The lowest BCUT2D eigenvalue weighted by molar-refractivity contribution is 0.296. The molecule has 136 valence electrons. The molecular formula is C22H20N2O2S. The molecule has 4 aromatic rings. The quantitative estimate of drug-likeness (QED) is 0.501. The van der Waals surface area contributed by atoms with E-state index in [4.69, 9.17) is 4.74 Å². The third-order valence-corrected chi connectivity index (χ3v) is 5.61. The summed E-state index contributed by atoms with van der Waals surface area (Å²) in [6, 6.07) is 15.9. The van der Waals surface area contributed by atoms with Gasteiger partial charge in [0.05, 0.1) is 18.3 Å². The average molecular weight is 376 g/mol. The smallest absolute Gasteiger partial charge is 0.262 e. The van der Waals surface area contributed by atoms with Crippen molar-refractivity contribution in [2.45, 2.75) is 20.4 Å². The maximum atomic E-state index is 13.1. The first-order valence-corrected chi connectivity index (χ1v) is 9.73. The van der Waals surface area contributed by atoms with Crippen molar-refractivity contribution in [3.63, 3.8) is 0 Å². The molecule has 0 N–H and O–H groups in total. The number of thiophene rings is 1. The van der Waals surface area contributed by atoms with Gasteiger partial charge in [-0.25, -0.2) is 4.98 Å². The molecule has 0 unspecified atom stereocenters. The second-order valence-electron chi connectivity index (χ2n) is 6.53. The minimum Gasteiger partial charge on any atom is -0.492 e. The molecule has 27 heavy (non-hydrogen) atoms. The Morgan fingerprint density at radius 2 is 1.89 bits per heavy atom. The van der Waals surface area contributed by atoms with Gasteiger partial charge in [0.1, 0.15) is 17.2 Å². The van der Waals surface area contributed by atoms with Gasteiger partial charge in [-0.2, -0.15) is 0 Å². The summed E-state index contributed by atoms with van der Waals surface area (Å²) in [5, 5.41) is 2.71. The van der Waals surface area contributed by atoms with Gasteiger partial charge in [-0.1, -0.05) is 36.4 Å². The molecule has 0 aliphatic rings. The van der Waals surface area contributed by atoms with Crippen LogP contribution >= 0.6 is 11.3 Å². The van der Waals surface area contributed by atoms with Crippen LogP contribution in [0.1, 0.15) is 11.1 Å². The monoisotopic (exact) mass is 376 g/mol. The predicted octanol–water partition coefficient (Wildman–Crippen LogP) is 4.82. The summed E-state index contributed by atoms with van der Waals surface area (Å²) in [4.78, 5) is 18.3. The molecule has 0 fully saturated rings. The van der Waals surface area contributed by atoms with Crippen LogP contribution in [0.5, 0.6) is 5.75 Å². The fourth-order valence-corrected chi connectivity index (χ4v) is 3.93. The summed E-state index contributed by atoms with van der Waals surface area (Å²) in [7, 11) is 0. The van der Waals surface area contributed by atoms with E-state index in [0.717, 1.165) is 21.7 Å². The third-order valence-electron chi connectivity index (χ3n) is 4.72. The number of ether oxygens (including phenoxy) is 1. The zero-order valence-electron chi connectivity index (χ0n) is 15.3. The van der Waals surface area contributed by atoms with E-state index >= 15 is 0 Å². The van der Waals surface area contributed by atoms with E-state index in [2.05, 4.69) is 37.0 Å². The van der Waals surface area contributed by atoms with E-state index in [1.807, 2.05) is 35.7 Å². The lowest BCUT2D eigenvalue weighted by atomic mass is 10.0. The molecule has 0 radical (unpaired) electrons. The Morgan fingerprint density at radius 1 is 1.07 bits per heavy atom. The summed E-state index contributed by atoms with van der Waals surface area (Å²) >= 11 is 1.51. The molecule has 5 heteroatoms. The standard InChI is InChI=1S/C22H20N2O2S/c1-15-8-9-17(12-16(15)2)19-13-27-21-20(19)22(25)24(14-23-21)10-11-26-18-6-4-3-5-7-18/h3-9,12-14H,10-11H2,1-2H3. The SMILES string of the molecule is Cc1ccc(-c2csc3ncn(CCOc4ccccc4)c(=O)c23)cc1C. The number of nitrogens with zero attached hydrogens (tertiary/aromatic N) is 2. The lowest BCUT2D eigenvalue weighted by Gasteiger charge is -2.09. The van der Waals surface area contributed by atoms with Crippen molar-refractivity contribution in [2.24, 2.45) is 0 Å². The molecule has 0 atom stereocenters. The van der Waals surface area contributed by atoms with Gasteiger partial charge in [0, 0.05) is 10.9 Å². The minimum atomic E-state index is -0.0221. The maximum Gasteiger partial charge on any atom is 0.262 e. The van der Waals surface area contributed by atoms with Crippen LogP contribution in [-0.4, -0.2) is 16.2 Å². The topological polar surface area (TPSA) is 44.1 Å². The second-order valence-corrected chi connectivity index (χ2v) is 7.39. The Balaban J connectivity index is 1.65. The van der Waals surface area contributed by atoms with Crippen LogP contribution in [0.4, 0.5) is 0 Å². The first-order valence-electron chi connectivity index (χ1n) is 8.85. The van der Waals surface area contributed by atoms with Crippen LogP contribution < -0.4 is 10.3 Å². The fourth-order valence-electron chi connectivity index (χ4n) is 3.03. The molecule has 0 bridgehead atoms.